The second-order valence-electron chi connectivity index (χ2n) is 6.04. The summed E-state index contributed by atoms with van der Waals surface area (Å²) in [6, 6.07) is 14.9. The first-order chi connectivity index (χ1) is 13.1. The highest BCUT2D eigenvalue weighted by Crippen LogP contribution is 2.32. The molecule has 0 radical (unpaired) electrons. The van der Waals surface area contributed by atoms with E-state index < -0.39 is 0 Å². The molecule has 27 heavy (non-hydrogen) atoms. The van der Waals surface area contributed by atoms with Crippen LogP contribution in [0.25, 0.3) is 5.69 Å². The van der Waals surface area contributed by atoms with Crippen molar-refractivity contribution in [2.24, 2.45) is 4.99 Å². The zero-order valence-electron chi connectivity index (χ0n) is 15.9. The minimum atomic E-state index is -0.119. The van der Waals surface area contributed by atoms with Gasteiger partial charge in [-0.15, -0.1) is 0 Å². The first-order valence-electron chi connectivity index (χ1n) is 8.76. The average Bonchev–Trinajstić information content (AvgIpc) is 3.01. The normalized spacial score (nSPS) is 11.5. The van der Waals surface area contributed by atoms with Gasteiger partial charge in [-0.25, -0.2) is 9.67 Å². The molecule has 3 rings (SSSR count). The molecule has 0 unspecified atom stereocenters. The predicted molar refractivity (Wildman–Crippen MR) is 107 cm³/mol. The van der Waals surface area contributed by atoms with E-state index in [4.69, 9.17) is 14.5 Å². The van der Waals surface area contributed by atoms with Crippen molar-refractivity contribution in [3.05, 3.63) is 70.1 Å². The molecule has 0 bridgehead atoms. The third-order valence-electron chi connectivity index (χ3n) is 4.35. The molecular weight excluding hydrogens is 342 g/mol. The van der Waals surface area contributed by atoms with Gasteiger partial charge in [-0.05, 0) is 37.6 Å². The molecule has 0 saturated heterocycles. The third-order valence-corrected chi connectivity index (χ3v) is 4.35. The van der Waals surface area contributed by atoms with Crippen LogP contribution in [-0.4, -0.2) is 29.7 Å². The third kappa shape index (κ3) is 3.65. The van der Waals surface area contributed by atoms with Crippen LogP contribution in [0, 0.1) is 6.92 Å². The van der Waals surface area contributed by atoms with Gasteiger partial charge in [0.05, 0.1) is 31.2 Å². The summed E-state index contributed by atoms with van der Waals surface area (Å²) in [6.45, 7) is 3.86. The molecule has 0 saturated carbocycles. The van der Waals surface area contributed by atoms with Gasteiger partial charge in [-0.3, -0.25) is 9.89 Å². The monoisotopic (exact) mass is 365 g/mol. The van der Waals surface area contributed by atoms with Crippen molar-refractivity contribution >= 4 is 11.4 Å². The maximum atomic E-state index is 13.0. The zero-order chi connectivity index (χ0) is 19.4. The van der Waals surface area contributed by atoms with Crippen molar-refractivity contribution < 1.29 is 9.47 Å². The molecule has 1 N–H and O–H groups in total. The molecule has 6 heteroatoms. The van der Waals surface area contributed by atoms with Gasteiger partial charge in [-0.2, -0.15) is 0 Å². The summed E-state index contributed by atoms with van der Waals surface area (Å²) >= 11 is 0. The molecule has 0 atom stereocenters. The lowest BCUT2D eigenvalue weighted by Gasteiger charge is -2.09. The smallest absolute Gasteiger partial charge is 0.280 e. The van der Waals surface area contributed by atoms with Crippen LogP contribution >= 0.6 is 0 Å². The fourth-order valence-corrected chi connectivity index (χ4v) is 2.98. The molecule has 140 valence electrons. The summed E-state index contributed by atoms with van der Waals surface area (Å²) in [7, 11) is 3.19. The highest BCUT2D eigenvalue weighted by atomic mass is 16.5. The Bertz CT molecular complexity index is 1020. The van der Waals surface area contributed by atoms with Crippen LogP contribution in [0.4, 0.5) is 5.69 Å². The summed E-state index contributed by atoms with van der Waals surface area (Å²) in [5.41, 5.74) is 3.38. The Labute approximate surface area is 158 Å². The summed E-state index contributed by atoms with van der Waals surface area (Å²) in [6.07, 6.45) is 0.609. The number of aliphatic imine (C=N–C) groups is 1. The van der Waals surface area contributed by atoms with Gasteiger partial charge in [-0.1, -0.05) is 25.1 Å². The molecule has 3 aromatic rings. The van der Waals surface area contributed by atoms with Gasteiger partial charge >= 0.3 is 0 Å². The minimum absolute atomic E-state index is 0.119. The summed E-state index contributed by atoms with van der Waals surface area (Å²) in [5, 5.41) is 3.15. The van der Waals surface area contributed by atoms with E-state index >= 15 is 0 Å². The van der Waals surface area contributed by atoms with Crippen molar-refractivity contribution in [3.63, 3.8) is 0 Å². The van der Waals surface area contributed by atoms with Crippen LogP contribution in [0.3, 0.4) is 0 Å². The van der Waals surface area contributed by atoms with E-state index in [9.17, 15) is 4.79 Å². The van der Waals surface area contributed by atoms with Gasteiger partial charge in [0.25, 0.3) is 5.56 Å². The second kappa shape index (κ2) is 7.95. The predicted octanol–water partition coefficient (Wildman–Crippen LogP) is 4.02. The van der Waals surface area contributed by atoms with Gasteiger partial charge < -0.3 is 9.47 Å². The van der Waals surface area contributed by atoms with Crippen LogP contribution in [0.2, 0.25) is 0 Å². The number of hydrogen-bond donors (Lipinski definition) is 1. The molecule has 0 aliphatic heterocycles. The molecule has 2 aromatic carbocycles. The van der Waals surface area contributed by atoms with E-state index in [1.165, 1.54) is 0 Å². The number of para-hydroxylation sites is 1. The minimum Gasteiger partial charge on any atom is -0.497 e. The number of aryl methyl sites for hydroxylation is 1. The van der Waals surface area contributed by atoms with Gasteiger partial charge in [0.15, 0.2) is 0 Å². The van der Waals surface area contributed by atoms with E-state index in [2.05, 4.69) is 5.10 Å². The number of nitrogens with zero attached hydrogens (tertiary/aromatic N) is 2. The van der Waals surface area contributed by atoms with Crippen LogP contribution in [-0.2, 0) is 0 Å². The Morgan fingerprint density at radius 2 is 1.85 bits per heavy atom. The number of rotatable bonds is 6. The van der Waals surface area contributed by atoms with Crippen LogP contribution in [0.1, 0.15) is 24.6 Å². The van der Waals surface area contributed by atoms with E-state index in [1.807, 2.05) is 56.3 Å². The second-order valence-corrected chi connectivity index (χ2v) is 6.04. The molecule has 6 nitrogen and oxygen atoms in total. The lowest BCUT2D eigenvalue weighted by molar-refractivity contribution is 0.395. The fraction of sp³-hybridized carbons (Fsp3) is 0.238. The van der Waals surface area contributed by atoms with E-state index in [0.29, 0.717) is 34.9 Å². The van der Waals surface area contributed by atoms with Gasteiger partial charge in [0.2, 0.25) is 0 Å². The quantitative estimate of drug-likeness (QED) is 0.671. The van der Waals surface area contributed by atoms with Crippen molar-refractivity contribution in [2.75, 3.05) is 14.2 Å². The maximum Gasteiger partial charge on any atom is 0.280 e. The summed E-state index contributed by atoms with van der Waals surface area (Å²) in [4.78, 5) is 17.8. The molecule has 0 fully saturated rings. The number of benzene rings is 2. The molecule has 0 amide bonds. The standard InChI is InChI=1S/C21H23N3O3/c1-5-17(22-18-12-11-16(26-3)13-19(18)27-4)20-14(2)23-24(21(20)25)15-9-7-6-8-10-15/h6-13,23H,5H2,1-4H3. The number of nitrogens with one attached hydrogen (secondary N) is 1. The number of aromatic nitrogens is 2. The van der Waals surface area contributed by atoms with Crippen LogP contribution in [0.5, 0.6) is 11.5 Å². The molecule has 1 heterocycles. The highest BCUT2D eigenvalue weighted by molar-refractivity contribution is 6.02. The van der Waals surface area contributed by atoms with Crippen LogP contribution in [0.15, 0.2) is 58.3 Å². The lowest BCUT2D eigenvalue weighted by atomic mass is 10.1. The summed E-state index contributed by atoms with van der Waals surface area (Å²) in [5.74, 6) is 1.28. The number of H-pyrrole nitrogens is 1. The van der Waals surface area contributed by atoms with Crippen LogP contribution < -0.4 is 15.0 Å². The molecule has 1 aromatic heterocycles. The Morgan fingerprint density at radius 3 is 2.48 bits per heavy atom. The highest BCUT2D eigenvalue weighted by Gasteiger charge is 2.17. The number of ether oxygens (including phenoxy) is 2. The first-order valence-corrected chi connectivity index (χ1v) is 8.76. The topological polar surface area (TPSA) is 68.6 Å². The first kappa shape index (κ1) is 18.5. The SMILES string of the molecule is CCC(=Nc1ccc(OC)cc1OC)c1c(C)[nH]n(-c2ccccc2)c1=O. The Morgan fingerprint density at radius 1 is 1.11 bits per heavy atom. The zero-order valence-corrected chi connectivity index (χ0v) is 15.9. The Hall–Kier alpha value is -3.28. The van der Waals surface area contributed by atoms with Crippen molar-refractivity contribution in [1.82, 2.24) is 9.78 Å². The molecule has 0 aliphatic rings. The van der Waals surface area contributed by atoms with Gasteiger partial charge in [0, 0.05) is 11.8 Å². The Balaban J connectivity index is 2.11. The molecule has 0 aliphatic carbocycles. The van der Waals surface area contributed by atoms with Crippen molar-refractivity contribution in [1.29, 1.82) is 0 Å². The van der Waals surface area contributed by atoms with E-state index in [1.54, 1.807) is 25.0 Å². The van der Waals surface area contributed by atoms with Crippen molar-refractivity contribution in [2.45, 2.75) is 20.3 Å². The summed E-state index contributed by atoms with van der Waals surface area (Å²) < 4.78 is 12.2. The fourth-order valence-electron chi connectivity index (χ4n) is 2.98. The lowest BCUT2D eigenvalue weighted by Crippen LogP contribution is -2.20. The number of aromatic amines is 1. The van der Waals surface area contributed by atoms with E-state index in [-0.39, 0.29) is 5.56 Å². The average molecular weight is 365 g/mol. The molecular formula is C21H23N3O3. The Kier molecular flexibility index (Phi) is 5.45. The van der Waals surface area contributed by atoms with Crippen molar-refractivity contribution in [3.8, 4) is 17.2 Å². The van der Waals surface area contributed by atoms with Gasteiger partial charge in [0.1, 0.15) is 17.2 Å². The largest absolute Gasteiger partial charge is 0.497 e. The maximum absolute atomic E-state index is 13.0. The van der Waals surface area contributed by atoms with E-state index in [0.717, 1.165) is 11.4 Å². The number of hydrogen-bond acceptors (Lipinski definition) is 4. The number of methoxy groups -OCH3 is 2. The molecule has 0 spiro atoms.